The van der Waals surface area contributed by atoms with Crippen LogP contribution in [0.15, 0.2) is 66.7 Å². The molecular weight excluding hydrogens is 476 g/mol. The second kappa shape index (κ2) is 11.0. The number of carbonyl (C=O) groups is 1. The lowest BCUT2D eigenvalue weighted by Crippen LogP contribution is -2.49. The molecule has 1 aliphatic heterocycles. The molecule has 0 saturated heterocycles. The third-order valence-electron chi connectivity index (χ3n) is 6.33. The van der Waals surface area contributed by atoms with E-state index < -0.39 is 28.6 Å². The molecule has 9 nitrogen and oxygen atoms in total. The number of anilines is 1. The van der Waals surface area contributed by atoms with Gasteiger partial charge < -0.3 is 24.6 Å². The molecule has 0 spiro atoms. The van der Waals surface area contributed by atoms with Gasteiger partial charge in [0.25, 0.3) is 5.69 Å². The Morgan fingerprint density at radius 1 is 1.11 bits per heavy atom. The smallest absolute Gasteiger partial charge is 0.296 e. The third kappa shape index (κ3) is 6.07. The molecule has 0 bridgehead atoms. The Kier molecular flexibility index (Phi) is 7.75. The first-order valence-corrected chi connectivity index (χ1v) is 12.0. The van der Waals surface area contributed by atoms with E-state index in [2.05, 4.69) is 5.32 Å². The Bertz CT molecular complexity index is 1260. The fourth-order valence-corrected chi connectivity index (χ4v) is 4.28. The first-order chi connectivity index (χ1) is 17.7. The first kappa shape index (κ1) is 26.1. The molecule has 2 atom stereocenters. The Labute approximate surface area is 215 Å². The van der Waals surface area contributed by atoms with Crippen LogP contribution in [0.25, 0.3) is 0 Å². The Hall–Kier alpha value is -3.95. The minimum atomic E-state index is -1.04. The molecule has 0 aromatic heterocycles. The molecule has 0 radical (unpaired) electrons. The topological polar surface area (TPSA) is 120 Å². The SMILES string of the molecule is COc1ccc(CC(=O)Nc2cc3c(cc2[N+](=O)[O-])OC(C)(C)[C@@H](O)[C@@H]3OCCc2ccccc2)cc1. The van der Waals surface area contributed by atoms with Gasteiger partial charge in [-0.25, -0.2) is 0 Å². The van der Waals surface area contributed by atoms with Crippen molar-refractivity contribution in [1.82, 2.24) is 0 Å². The number of ether oxygens (including phenoxy) is 3. The molecule has 1 amide bonds. The van der Waals surface area contributed by atoms with Crippen molar-refractivity contribution in [2.24, 2.45) is 0 Å². The molecular formula is C28H30N2O7. The van der Waals surface area contributed by atoms with E-state index in [9.17, 15) is 20.0 Å². The van der Waals surface area contributed by atoms with Crippen molar-refractivity contribution >= 4 is 17.3 Å². The molecule has 0 aliphatic carbocycles. The molecule has 3 aromatic rings. The predicted molar refractivity (Wildman–Crippen MR) is 138 cm³/mol. The van der Waals surface area contributed by atoms with Gasteiger partial charge in [-0.2, -0.15) is 0 Å². The molecule has 0 saturated carbocycles. The van der Waals surface area contributed by atoms with E-state index in [1.165, 1.54) is 12.1 Å². The van der Waals surface area contributed by atoms with E-state index in [4.69, 9.17) is 14.2 Å². The highest BCUT2D eigenvalue weighted by Crippen LogP contribution is 2.45. The van der Waals surface area contributed by atoms with Crippen molar-refractivity contribution in [3.05, 3.63) is 93.5 Å². The normalized spacial score (nSPS) is 17.8. The van der Waals surface area contributed by atoms with Gasteiger partial charge in [0.05, 0.1) is 31.1 Å². The van der Waals surface area contributed by atoms with Gasteiger partial charge in [-0.3, -0.25) is 14.9 Å². The molecule has 0 unspecified atom stereocenters. The highest BCUT2D eigenvalue weighted by Gasteiger charge is 2.44. The van der Waals surface area contributed by atoms with Crippen LogP contribution in [0.5, 0.6) is 11.5 Å². The van der Waals surface area contributed by atoms with Crippen molar-refractivity contribution in [1.29, 1.82) is 0 Å². The monoisotopic (exact) mass is 506 g/mol. The minimum absolute atomic E-state index is 0.00873. The molecule has 37 heavy (non-hydrogen) atoms. The highest BCUT2D eigenvalue weighted by molar-refractivity contribution is 5.95. The zero-order valence-electron chi connectivity index (χ0n) is 21.0. The van der Waals surface area contributed by atoms with Crippen LogP contribution in [-0.2, 0) is 22.4 Å². The summed E-state index contributed by atoms with van der Waals surface area (Å²) < 4.78 is 17.2. The first-order valence-electron chi connectivity index (χ1n) is 12.0. The van der Waals surface area contributed by atoms with E-state index in [1.807, 2.05) is 30.3 Å². The zero-order valence-corrected chi connectivity index (χ0v) is 21.0. The summed E-state index contributed by atoms with van der Waals surface area (Å²) in [7, 11) is 1.55. The van der Waals surface area contributed by atoms with Gasteiger partial charge in [0.15, 0.2) is 0 Å². The van der Waals surface area contributed by atoms with Crippen LogP contribution in [0.1, 0.15) is 36.6 Å². The highest BCUT2D eigenvalue weighted by atomic mass is 16.6. The van der Waals surface area contributed by atoms with Crippen LogP contribution in [0.3, 0.4) is 0 Å². The van der Waals surface area contributed by atoms with Gasteiger partial charge in [0, 0.05) is 5.56 Å². The maximum absolute atomic E-state index is 12.8. The number of nitrogens with one attached hydrogen (secondary N) is 1. The second-order valence-corrected chi connectivity index (χ2v) is 9.41. The maximum atomic E-state index is 12.8. The standard InChI is InChI=1S/C28H30N2O7/c1-28(2)27(32)26(36-14-13-18-7-5-4-6-8-18)21-16-22(23(30(33)34)17-24(21)37-28)29-25(31)15-19-9-11-20(35-3)12-10-19/h4-12,16-17,26-27,32H,13-15H2,1-3H3,(H,29,31)/t26-,27+/m1/s1. The lowest BCUT2D eigenvalue weighted by Gasteiger charge is -2.41. The van der Waals surface area contributed by atoms with Crippen molar-refractivity contribution in [3.63, 3.8) is 0 Å². The number of carbonyl (C=O) groups excluding carboxylic acids is 1. The number of hydrogen-bond acceptors (Lipinski definition) is 7. The van der Waals surface area contributed by atoms with Crippen LogP contribution in [0, 0.1) is 10.1 Å². The number of nitro groups is 1. The summed E-state index contributed by atoms with van der Waals surface area (Å²) in [5.74, 6) is 0.474. The number of rotatable bonds is 9. The van der Waals surface area contributed by atoms with Crippen LogP contribution < -0.4 is 14.8 Å². The van der Waals surface area contributed by atoms with Crippen LogP contribution >= 0.6 is 0 Å². The maximum Gasteiger partial charge on any atom is 0.296 e. The summed E-state index contributed by atoms with van der Waals surface area (Å²) in [5, 5.41) is 25.6. The summed E-state index contributed by atoms with van der Waals surface area (Å²) in [6, 6.07) is 19.5. The van der Waals surface area contributed by atoms with E-state index in [1.54, 1.807) is 45.2 Å². The van der Waals surface area contributed by atoms with E-state index in [0.717, 1.165) is 11.1 Å². The van der Waals surface area contributed by atoms with Crippen molar-refractivity contribution in [3.8, 4) is 11.5 Å². The summed E-state index contributed by atoms with van der Waals surface area (Å²) in [5.41, 5.74) is 0.897. The van der Waals surface area contributed by atoms with E-state index in [0.29, 0.717) is 24.3 Å². The molecule has 1 aliphatic rings. The van der Waals surface area contributed by atoms with Crippen molar-refractivity contribution in [2.75, 3.05) is 19.0 Å². The summed E-state index contributed by atoms with van der Waals surface area (Å²) in [6.45, 7) is 3.71. The van der Waals surface area contributed by atoms with E-state index in [-0.39, 0.29) is 23.5 Å². The molecule has 9 heteroatoms. The van der Waals surface area contributed by atoms with Crippen molar-refractivity contribution < 1.29 is 29.0 Å². The van der Waals surface area contributed by atoms with Gasteiger partial charge in [-0.15, -0.1) is 0 Å². The van der Waals surface area contributed by atoms with Crippen molar-refractivity contribution in [2.45, 2.75) is 44.5 Å². The number of aliphatic hydroxyl groups is 1. The van der Waals surface area contributed by atoms with Crippen LogP contribution in [-0.4, -0.2) is 41.4 Å². The largest absolute Gasteiger partial charge is 0.497 e. The molecule has 2 N–H and O–H groups in total. The lowest BCUT2D eigenvalue weighted by molar-refractivity contribution is -0.384. The summed E-state index contributed by atoms with van der Waals surface area (Å²) in [6.07, 6.45) is -1.21. The van der Waals surface area contributed by atoms with E-state index >= 15 is 0 Å². The number of fused-ring (bicyclic) bond motifs is 1. The second-order valence-electron chi connectivity index (χ2n) is 9.41. The molecule has 194 valence electrons. The average Bonchev–Trinajstić information content (AvgIpc) is 2.87. The number of nitro benzene ring substituents is 1. The van der Waals surface area contributed by atoms with Gasteiger partial charge in [0.1, 0.15) is 35.0 Å². The predicted octanol–water partition coefficient (Wildman–Crippen LogP) is 4.62. The minimum Gasteiger partial charge on any atom is -0.497 e. The molecule has 0 fully saturated rings. The number of aliphatic hydroxyl groups excluding tert-OH is 1. The Morgan fingerprint density at radius 2 is 1.81 bits per heavy atom. The van der Waals surface area contributed by atoms with Crippen LogP contribution in [0.2, 0.25) is 0 Å². The van der Waals surface area contributed by atoms with Crippen LogP contribution in [0.4, 0.5) is 11.4 Å². The number of benzene rings is 3. The lowest BCUT2D eigenvalue weighted by atomic mass is 9.88. The van der Waals surface area contributed by atoms with Gasteiger partial charge in [-0.1, -0.05) is 42.5 Å². The molecule has 3 aromatic carbocycles. The van der Waals surface area contributed by atoms with Gasteiger partial charge in [0.2, 0.25) is 5.91 Å². The fourth-order valence-electron chi connectivity index (χ4n) is 4.28. The van der Waals surface area contributed by atoms with Gasteiger partial charge in [-0.05, 0) is 49.6 Å². The number of hydrogen-bond donors (Lipinski definition) is 2. The number of methoxy groups -OCH3 is 1. The van der Waals surface area contributed by atoms with Gasteiger partial charge >= 0.3 is 0 Å². The average molecular weight is 507 g/mol. The fraction of sp³-hybridized carbons (Fsp3) is 0.321. The molecule has 1 heterocycles. The number of amides is 1. The Morgan fingerprint density at radius 3 is 2.46 bits per heavy atom. The zero-order chi connectivity index (χ0) is 26.6. The third-order valence-corrected chi connectivity index (χ3v) is 6.33. The summed E-state index contributed by atoms with van der Waals surface area (Å²) in [4.78, 5) is 24.1. The quantitative estimate of drug-likeness (QED) is 0.321. The number of nitrogens with zero attached hydrogens (tertiary/aromatic N) is 1. The Balaban J connectivity index is 1.59. The molecule has 4 rings (SSSR count). The summed E-state index contributed by atoms with van der Waals surface area (Å²) >= 11 is 0.